The molecule has 0 heterocycles. The van der Waals surface area contributed by atoms with Crippen molar-refractivity contribution in [1.82, 2.24) is 21.3 Å². The van der Waals surface area contributed by atoms with E-state index < -0.39 is 54.4 Å². The molecule has 0 spiro atoms. The van der Waals surface area contributed by atoms with E-state index in [9.17, 15) is 33.9 Å². The van der Waals surface area contributed by atoms with Crippen LogP contribution in [0.2, 0.25) is 0 Å². The van der Waals surface area contributed by atoms with Gasteiger partial charge in [-0.05, 0) is 47.8 Å². The highest BCUT2D eigenvalue weighted by Gasteiger charge is 2.25. The van der Waals surface area contributed by atoms with Crippen molar-refractivity contribution in [3.05, 3.63) is 48.0 Å². The summed E-state index contributed by atoms with van der Waals surface area (Å²) < 4.78 is 0. The fraction of sp³-hybridized carbons (Fsp3) is 0.429. The number of thiol groups is 1. The molecule has 0 aliphatic rings. The lowest BCUT2D eigenvalue weighted by molar-refractivity contribution is -0.141. The Balaban J connectivity index is 1.88. The first-order valence-corrected chi connectivity index (χ1v) is 14.0. The maximum atomic E-state index is 13.0. The largest absolute Gasteiger partial charge is 0.481 e. The molecule has 13 nitrogen and oxygen atoms in total. The maximum absolute atomic E-state index is 13.0. The minimum atomic E-state index is -1.50. The molecule has 0 bridgehead atoms. The number of nitrogens with one attached hydrogen (secondary N) is 4. The molecule has 3 atom stereocenters. The summed E-state index contributed by atoms with van der Waals surface area (Å²) in [6.45, 7) is 0.185. The number of hydrogen-bond donors (Lipinski definition) is 8. The number of carbonyl (C=O) groups is 6. The Labute approximate surface area is 247 Å². The third kappa shape index (κ3) is 12.0. The number of carboxylic acids is 3. The van der Waals surface area contributed by atoms with Gasteiger partial charge in [-0.2, -0.15) is 12.6 Å². The Morgan fingerprint density at radius 1 is 0.738 bits per heavy atom. The van der Waals surface area contributed by atoms with Crippen molar-refractivity contribution in [2.24, 2.45) is 0 Å². The number of amides is 4. The molecule has 7 N–H and O–H groups in total. The molecule has 0 saturated heterocycles. The number of carboxylic acid groups (broad SMARTS) is 3. The third-order valence-corrected chi connectivity index (χ3v) is 6.54. The van der Waals surface area contributed by atoms with Gasteiger partial charge in [0.15, 0.2) is 0 Å². The number of fused-ring (bicyclic) bond motifs is 1. The van der Waals surface area contributed by atoms with Crippen LogP contribution >= 0.6 is 12.6 Å². The minimum absolute atomic E-state index is 0.00924. The van der Waals surface area contributed by atoms with Crippen LogP contribution in [0.4, 0.5) is 4.79 Å². The molecule has 0 fully saturated rings. The van der Waals surface area contributed by atoms with E-state index in [1.165, 1.54) is 0 Å². The average molecular weight is 605 g/mol. The van der Waals surface area contributed by atoms with E-state index in [1.54, 1.807) is 0 Å². The number of benzene rings is 2. The zero-order valence-corrected chi connectivity index (χ0v) is 23.8. The lowest BCUT2D eigenvalue weighted by Gasteiger charge is -2.20. The Morgan fingerprint density at radius 2 is 1.38 bits per heavy atom. The van der Waals surface area contributed by atoms with Crippen LogP contribution in [0.5, 0.6) is 0 Å². The van der Waals surface area contributed by atoms with Gasteiger partial charge in [-0.25, -0.2) is 14.4 Å². The fourth-order valence-electron chi connectivity index (χ4n) is 4.13. The highest BCUT2D eigenvalue weighted by atomic mass is 32.1. The Hall–Kier alpha value is -4.33. The molecular formula is C28H36N4O9S. The van der Waals surface area contributed by atoms with E-state index in [1.807, 2.05) is 42.5 Å². The van der Waals surface area contributed by atoms with E-state index in [2.05, 4.69) is 33.9 Å². The number of carbonyl (C=O) groups excluding carboxylic acids is 3. The molecule has 228 valence electrons. The normalized spacial score (nSPS) is 12.9. The van der Waals surface area contributed by atoms with Crippen molar-refractivity contribution in [2.75, 3.05) is 12.3 Å². The van der Waals surface area contributed by atoms with E-state index in [0.29, 0.717) is 18.6 Å². The zero-order chi connectivity index (χ0) is 31.1. The summed E-state index contributed by atoms with van der Waals surface area (Å²) in [6, 6.07) is 8.85. The number of urea groups is 1. The molecule has 2 rings (SSSR count). The van der Waals surface area contributed by atoms with Crippen molar-refractivity contribution >= 4 is 59.2 Å². The third-order valence-electron chi connectivity index (χ3n) is 6.32. The summed E-state index contributed by atoms with van der Waals surface area (Å²) >= 11 is 4.07. The highest BCUT2D eigenvalue weighted by Crippen LogP contribution is 2.17. The van der Waals surface area contributed by atoms with E-state index in [0.717, 1.165) is 16.3 Å². The van der Waals surface area contributed by atoms with Gasteiger partial charge < -0.3 is 36.6 Å². The summed E-state index contributed by atoms with van der Waals surface area (Å²) in [4.78, 5) is 70.9. The lowest BCUT2D eigenvalue weighted by atomic mass is 10.0. The second-order valence-electron chi connectivity index (χ2n) is 9.60. The standard InChI is InChI=1S/C28H36N4O9S/c33-23(12-14-42)30-22(16-17-8-9-18-5-1-2-6-19(18)15-17)25(36)29-13-4-3-7-20(26(37)38)31-28(41)32-21(27(39)40)10-11-24(34)35/h1-2,5-6,8-9,15,20-22,42H,3-4,7,10-14,16H2,(H,29,36)(H,30,33)(H,34,35)(H,37,38)(H,39,40)(H2,31,32,41)/t20-,21-,22+/m0/s1. The van der Waals surface area contributed by atoms with Crippen LogP contribution in [-0.4, -0.2) is 81.5 Å². The maximum Gasteiger partial charge on any atom is 0.326 e. The second-order valence-corrected chi connectivity index (χ2v) is 10.0. The smallest absolute Gasteiger partial charge is 0.326 e. The molecule has 4 amide bonds. The molecule has 42 heavy (non-hydrogen) atoms. The van der Waals surface area contributed by atoms with Gasteiger partial charge in [0.1, 0.15) is 18.1 Å². The molecule has 0 radical (unpaired) electrons. The summed E-state index contributed by atoms with van der Waals surface area (Å²) in [5.74, 6) is -4.41. The van der Waals surface area contributed by atoms with E-state index in [4.69, 9.17) is 10.2 Å². The van der Waals surface area contributed by atoms with Gasteiger partial charge in [0.05, 0.1) is 0 Å². The van der Waals surface area contributed by atoms with Gasteiger partial charge in [0.2, 0.25) is 11.8 Å². The summed E-state index contributed by atoms with van der Waals surface area (Å²) in [5.41, 5.74) is 0.863. The number of aliphatic carboxylic acids is 3. The molecule has 0 unspecified atom stereocenters. The topological polar surface area (TPSA) is 211 Å². The summed E-state index contributed by atoms with van der Waals surface area (Å²) in [5, 5.41) is 39.1. The van der Waals surface area contributed by atoms with Crippen LogP contribution in [0.1, 0.15) is 44.1 Å². The van der Waals surface area contributed by atoms with E-state index in [-0.39, 0.29) is 38.1 Å². The van der Waals surface area contributed by atoms with Crippen molar-refractivity contribution in [3.63, 3.8) is 0 Å². The van der Waals surface area contributed by atoms with Crippen LogP contribution in [0, 0.1) is 0 Å². The SMILES string of the molecule is O=C(O)CC[C@H](NC(=O)N[C@@H](CCCCNC(=O)[C@@H](Cc1ccc2ccccc2c1)NC(=O)CCS)C(=O)O)C(=O)O. The molecular weight excluding hydrogens is 568 g/mol. The molecule has 0 aromatic heterocycles. The summed E-state index contributed by atoms with van der Waals surface area (Å²) in [7, 11) is 0. The zero-order valence-electron chi connectivity index (χ0n) is 22.9. The predicted molar refractivity (Wildman–Crippen MR) is 156 cm³/mol. The van der Waals surface area contributed by atoms with Crippen LogP contribution in [0.15, 0.2) is 42.5 Å². The highest BCUT2D eigenvalue weighted by molar-refractivity contribution is 7.80. The molecule has 0 aliphatic heterocycles. The quantitative estimate of drug-likeness (QED) is 0.0915. The average Bonchev–Trinajstić information content (AvgIpc) is 2.93. The lowest BCUT2D eigenvalue weighted by Crippen LogP contribution is -2.51. The van der Waals surface area contributed by atoms with Gasteiger partial charge >= 0.3 is 23.9 Å². The van der Waals surface area contributed by atoms with Gasteiger partial charge in [-0.3, -0.25) is 14.4 Å². The first-order chi connectivity index (χ1) is 20.0. The van der Waals surface area contributed by atoms with Gasteiger partial charge in [0.25, 0.3) is 0 Å². The van der Waals surface area contributed by atoms with Crippen molar-refractivity contribution in [2.45, 2.75) is 63.1 Å². The fourth-order valence-corrected chi connectivity index (χ4v) is 4.33. The molecule has 0 saturated carbocycles. The Kier molecular flexibility index (Phi) is 14.1. The summed E-state index contributed by atoms with van der Waals surface area (Å²) in [6.07, 6.45) is 0.195. The Morgan fingerprint density at radius 3 is 2.00 bits per heavy atom. The van der Waals surface area contributed by atoms with Crippen molar-refractivity contribution < 1.29 is 44.1 Å². The molecule has 0 aliphatic carbocycles. The molecule has 14 heteroatoms. The number of rotatable bonds is 18. The van der Waals surface area contributed by atoms with Crippen LogP contribution in [0.25, 0.3) is 10.8 Å². The van der Waals surface area contributed by atoms with E-state index >= 15 is 0 Å². The first kappa shape index (κ1) is 33.9. The van der Waals surface area contributed by atoms with Crippen LogP contribution < -0.4 is 21.3 Å². The monoisotopic (exact) mass is 604 g/mol. The Bertz CT molecular complexity index is 1270. The number of hydrogen-bond acceptors (Lipinski definition) is 7. The van der Waals surface area contributed by atoms with Gasteiger partial charge in [-0.1, -0.05) is 42.5 Å². The van der Waals surface area contributed by atoms with Crippen LogP contribution in [0.3, 0.4) is 0 Å². The van der Waals surface area contributed by atoms with Gasteiger partial charge in [0, 0.05) is 25.8 Å². The second kappa shape index (κ2) is 17.5. The minimum Gasteiger partial charge on any atom is -0.481 e. The predicted octanol–water partition coefficient (Wildman–Crippen LogP) is 1.54. The first-order valence-electron chi connectivity index (χ1n) is 13.4. The van der Waals surface area contributed by atoms with Crippen LogP contribution in [-0.2, 0) is 30.4 Å². The van der Waals surface area contributed by atoms with Crippen molar-refractivity contribution in [1.29, 1.82) is 0 Å². The molecule has 2 aromatic rings. The molecule has 2 aromatic carbocycles. The van der Waals surface area contributed by atoms with Gasteiger partial charge in [-0.15, -0.1) is 0 Å². The van der Waals surface area contributed by atoms with Crippen molar-refractivity contribution in [3.8, 4) is 0 Å². The number of unbranched alkanes of at least 4 members (excludes halogenated alkanes) is 1.